The van der Waals surface area contributed by atoms with Crippen LogP contribution >= 0.6 is 11.3 Å². The summed E-state index contributed by atoms with van der Waals surface area (Å²) in [5.41, 5.74) is 8.60. The number of fused-ring (bicyclic) bond motifs is 1. The Morgan fingerprint density at radius 3 is 3.10 bits per heavy atom. The molecule has 4 nitrogen and oxygen atoms in total. The van der Waals surface area contributed by atoms with E-state index in [1.807, 2.05) is 12.1 Å². The van der Waals surface area contributed by atoms with E-state index in [-0.39, 0.29) is 6.04 Å². The van der Waals surface area contributed by atoms with Gasteiger partial charge in [-0.1, -0.05) is 23.5 Å². The SMILES string of the molecule is COc1cccc(CN(C)c2nc3c(s2)C(N)CCC3)c1. The first-order chi connectivity index (χ1) is 10.2. The van der Waals surface area contributed by atoms with E-state index in [4.69, 9.17) is 15.5 Å². The van der Waals surface area contributed by atoms with E-state index >= 15 is 0 Å². The summed E-state index contributed by atoms with van der Waals surface area (Å²) in [4.78, 5) is 8.23. The zero-order chi connectivity index (χ0) is 14.8. The molecule has 0 amide bonds. The van der Waals surface area contributed by atoms with Crippen molar-refractivity contribution in [1.82, 2.24) is 4.98 Å². The quantitative estimate of drug-likeness (QED) is 0.943. The second-order valence-corrected chi connectivity index (χ2v) is 6.52. The van der Waals surface area contributed by atoms with Gasteiger partial charge in [0.2, 0.25) is 0 Å². The maximum absolute atomic E-state index is 6.19. The maximum atomic E-state index is 6.19. The Morgan fingerprint density at radius 2 is 2.33 bits per heavy atom. The summed E-state index contributed by atoms with van der Waals surface area (Å²) in [6.45, 7) is 0.818. The summed E-state index contributed by atoms with van der Waals surface area (Å²) >= 11 is 1.74. The summed E-state index contributed by atoms with van der Waals surface area (Å²) in [5.74, 6) is 0.890. The van der Waals surface area contributed by atoms with E-state index in [0.717, 1.165) is 36.7 Å². The number of benzene rings is 1. The van der Waals surface area contributed by atoms with Gasteiger partial charge in [0.25, 0.3) is 0 Å². The molecule has 0 aliphatic heterocycles. The highest BCUT2D eigenvalue weighted by Gasteiger charge is 2.22. The molecule has 1 aliphatic carbocycles. The normalized spacial score (nSPS) is 17.4. The summed E-state index contributed by atoms with van der Waals surface area (Å²) in [5, 5.41) is 1.06. The van der Waals surface area contributed by atoms with Gasteiger partial charge >= 0.3 is 0 Å². The van der Waals surface area contributed by atoms with Crippen LogP contribution in [0.1, 0.15) is 35.0 Å². The zero-order valence-corrected chi connectivity index (χ0v) is 13.3. The predicted octanol–water partition coefficient (Wildman–Crippen LogP) is 3.12. The molecule has 0 fully saturated rings. The Balaban J connectivity index is 1.77. The second-order valence-electron chi connectivity index (χ2n) is 5.51. The summed E-state index contributed by atoms with van der Waals surface area (Å²) in [7, 11) is 3.77. The summed E-state index contributed by atoms with van der Waals surface area (Å²) in [6.07, 6.45) is 3.29. The number of aromatic nitrogens is 1. The number of anilines is 1. The van der Waals surface area contributed by atoms with Gasteiger partial charge in [0, 0.05) is 24.5 Å². The van der Waals surface area contributed by atoms with E-state index in [1.165, 1.54) is 16.1 Å². The van der Waals surface area contributed by atoms with Gasteiger partial charge in [0.1, 0.15) is 5.75 Å². The van der Waals surface area contributed by atoms with Crippen LogP contribution in [0.3, 0.4) is 0 Å². The van der Waals surface area contributed by atoms with Crippen molar-refractivity contribution in [3.63, 3.8) is 0 Å². The van der Waals surface area contributed by atoms with E-state index < -0.39 is 0 Å². The lowest BCUT2D eigenvalue weighted by atomic mass is 9.99. The van der Waals surface area contributed by atoms with Gasteiger partial charge in [-0.2, -0.15) is 0 Å². The van der Waals surface area contributed by atoms with Crippen LogP contribution in [0.15, 0.2) is 24.3 Å². The van der Waals surface area contributed by atoms with Crippen molar-refractivity contribution in [3.8, 4) is 5.75 Å². The Bertz CT molecular complexity index is 626. The van der Waals surface area contributed by atoms with Crippen LogP contribution in [0.2, 0.25) is 0 Å². The van der Waals surface area contributed by atoms with E-state index in [9.17, 15) is 0 Å². The third kappa shape index (κ3) is 3.04. The van der Waals surface area contributed by atoms with Crippen molar-refractivity contribution in [2.45, 2.75) is 31.8 Å². The number of methoxy groups -OCH3 is 1. The van der Waals surface area contributed by atoms with Crippen LogP contribution < -0.4 is 15.4 Å². The molecule has 1 atom stereocenters. The topological polar surface area (TPSA) is 51.4 Å². The van der Waals surface area contributed by atoms with Gasteiger partial charge in [-0.3, -0.25) is 0 Å². The number of nitrogens with two attached hydrogens (primary N) is 1. The van der Waals surface area contributed by atoms with Gasteiger partial charge in [0.15, 0.2) is 5.13 Å². The molecule has 21 heavy (non-hydrogen) atoms. The minimum Gasteiger partial charge on any atom is -0.497 e. The van der Waals surface area contributed by atoms with Crippen LogP contribution in [0.25, 0.3) is 0 Å². The van der Waals surface area contributed by atoms with E-state index in [2.05, 4.69) is 24.1 Å². The molecule has 1 aliphatic rings. The third-order valence-corrected chi connectivity index (χ3v) is 5.21. The molecule has 1 aromatic heterocycles. The van der Waals surface area contributed by atoms with Crippen LogP contribution in [0, 0.1) is 0 Å². The number of thiazole rings is 1. The molecule has 2 N–H and O–H groups in total. The van der Waals surface area contributed by atoms with Gasteiger partial charge in [-0.25, -0.2) is 4.98 Å². The zero-order valence-electron chi connectivity index (χ0n) is 12.5. The number of hydrogen-bond donors (Lipinski definition) is 1. The summed E-state index contributed by atoms with van der Waals surface area (Å²) in [6, 6.07) is 8.33. The van der Waals surface area contributed by atoms with Crippen LogP contribution in [0.5, 0.6) is 5.75 Å². The Labute approximate surface area is 129 Å². The standard InChI is InChI=1S/C16H21N3OS/c1-19(10-11-5-3-6-12(9-11)20-2)16-18-14-8-4-7-13(17)15(14)21-16/h3,5-6,9,13H,4,7-8,10,17H2,1-2H3. The van der Waals surface area contributed by atoms with Crippen molar-refractivity contribution >= 4 is 16.5 Å². The molecule has 0 radical (unpaired) electrons. The van der Waals surface area contributed by atoms with E-state index in [0.29, 0.717) is 0 Å². The highest BCUT2D eigenvalue weighted by atomic mass is 32.1. The van der Waals surface area contributed by atoms with Gasteiger partial charge in [0.05, 0.1) is 12.8 Å². The average molecular weight is 303 g/mol. The van der Waals surface area contributed by atoms with Crippen molar-refractivity contribution in [1.29, 1.82) is 0 Å². The molecule has 1 heterocycles. The largest absolute Gasteiger partial charge is 0.497 e. The Hall–Kier alpha value is -1.59. The van der Waals surface area contributed by atoms with Crippen molar-refractivity contribution in [2.24, 2.45) is 5.73 Å². The number of ether oxygens (including phenoxy) is 1. The lowest BCUT2D eigenvalue weighted by Crippen LogP contribution is -2.16. The highest BCUT2D eigenvalue weighted by Crippen LogP contribution is 2.36. The van der Waals surface area contributed by atoms with Crippen LogP contribution in [-0.2, 0) is 13.0 Å². The molecule has 0 saturated carbocycles. The third-order valence-electron chi connectivity index (χ3n) is 3.86. The molecule has 112 valence electrons. The van der Waals surface area contributed by atoms with Crippen molar-refractivity contribution in [3.05, 3.63) is 40.4 Å². The van der Waals surface area contributed by atoms with Crippen molar-refractivity contribution < 1.29 is 4.74 Å². The van der Waals surface area contributed by atoms with E-state index in [1.54, 1.807) is 18.4 Å². The van der Waals surface area contributed by atoms with Crippen LogP contribution in [-0.4, -0.2) is 19.1 Å². The maximum Gasteiger partial charge on any atom is 0.185 e. The highest BCUT2D eigenvalue weighted by molar-refractivity contribution is 7.15. The molecule has 0 bridgehead atoms. The van der Waals surface area contributed by atoms with Crippen LogP contribution in [0.4, 0.5) is 5.13 Å². The number of rotatable bonds is 4. The molecule has 3 rings (SSSR count). The molecule has 0 saturated heterocycles. The fourth-order valence-corrected chi connectivity index (χ4v) is 3.82. The number of aryl methyl sites for hydroxylation is 1. The van der Waals surface area contributed by atoms with Gasteiger partial charge < -0.3 is 15.4 Å². The van der Waals surface area contributed by atoms with Crippen molar-refractivity contribution in [2.75, 3.05) is 19.1 Å². The Kier molecular flexibility index (Phi) is 4.12. The Morgan fingerprint density at radius 1 is 1.48 bits per heavy atom. The monoisotopic (exact) mass is 303 g/mol. The smallest absolute Gasteiger partial charge is 0.185 e. The second kappa shape index (κ2) is 6.03. The predicted molar refractivity (Wildman–Crippen MR) is 87.1 cm³/mol. The summed E-state index contributed by atoms with van der Waals surface area (Å²) < 4.78 is 5.27. The fraction of sp³-hybridized carbons (Fsp3) is 0.438. The first-order valence-corrected chi connectivity index (χ1v) is 8.08. The molecule has 1 aromatic carbocycles. The van der Waals surface area contributed by atoms with Gasteiger partial charge in [-0.15, -0.1) is 0 Å². The lowest BCUT2D eigenvalue weighted by molar-refractivity contribution is 0.414. The van der Waals surface area contributed by atoms with Gasteiger partial charge in [-0.05, 0) is 37.0 Å². The molecule has 5 heteroatoms. The minimum absolute atomic E-state index is 0.171. The molecular formula is C16H21N3OS. The fourth-order valence-electron chi connectivity index (χ4n) is 2.72. The number of nitrogens with zero attached hydrogens (tertiary/aromatic N) is 2. The molecule has 1 unspecified atom stereocenters. The molecule has 0 spiro atoms. The average Bonchev–Trinajstić information content (AvgIpc) is 2.93. The first kappa shape index (κ1) is 14.4. The lowest BCUT2D eigenvalue weighted by Gasteiger charge is -2.16. The minimum atomic E-state index is 0.171. The molecule has 2 aromatic rings. The first-order valence-electron chi connectivity index (χ1n) is 7.26. The molecular weight excluding hydrogens is 282 g/mol. The number of hydrogen-bond acceptors (Lipinski definition) is 5.